The van der Waals surface area contributed by atoms with Gasteiger partial charge in [-0.1, -0.05) is 115 Å². The second-order valence-electron chi connectivity index (χ2n) is 11.4. The van der Waals surface area contributed by atoms with Crippen LogP contribution in [0.1, 0.15) is 5.56 Å². The molecular formula is C41H27N. The molecule has 196 valence electrons. The van der Waals surface area contributed by atoms with Crippen LogP contribution in [0.2, 0.25) is 0 Å². The van der Waals surface area contributed by atoms with Crippen LogP contribution >= 0.6 is 0 Å². The van der Waals surface area contributed by atoms with Crippen molar-refractivity contribution in [2.75, 3.05) is 0 Å². The van der Waals surface area contributed by atoms with Gasteiger partial charge in [-0.15, -0.1) is 0 Å². The van der Waals surface area contributed by atoms with Gasteiger partial charge >= 0.3 is 0 Å². The molecule has 1 heterocycles. The van der Waals surface area contributed by atoms with E-state index in [9.17, 15) is 0 Å². The lowest BCUT2D eigenvalue weighted by Gasteiger charge is -2.14. The average Bonchev–Trinajstić information content (AvgIpc) is 3.38. The van der Waals surface area contributed by atoms with Crippen LogP contribution in [0.15, 0.2) is 146 Å². The Labute approximate surface area is 243 Å². The zero-order valence-electron chi connectivity index (χ0n) is 23.3. The van der Waals surface area contributed by atoms with Gasteiger partial charge in [0, 0.05) is 16.5 Å². The Balaban J connectivity index is 1.27. The maximum absolute atomic E-state index is 2.42. The fourth-order valence-corrected chi connectivity index (χ4v) is 7.08. The maximum atomic E-state index is 2.42. The zero-order valence-corrected chi connectivity index (χ0v) is 23.3. The molecule has 0 aliphatic heterocycles. The Morgan fingerprint density at radius 3 is 1.67 bits per heavy atom. The number of rotatable bonds is 2. The number of aromatic nitrogens is 1. The van der Waals surface area contributed by atoms with Crippen LogP contribution in [0.25, 0.3) is 81.7 Å². The number of para-hydroxylation sites is 2. The minimum Gasteiger partial charge on any atom is -0.309 e. The van der Waals surface area contributed by atoms with Gasteiger partial charge in [0.05, 0.1) is 11.0 Å². The molecule has 0 N–H and O–H groups in total. The lowest BCUT2D eigenvalue weighted by atomic mass is 9.89. The van der Waals surface area contributed by atoms with Crippen molar-refractivity contribution in [3.05, 3.63) is 151 Å². The summed E-state index contributed by atoms with van der Waals surface area (Å²) in [6.07, 6.45) is 0. The van der Waals surface area contributed by atoms with Crippen molar-refractivity contribution in [3.63, 3.8) is 0 Å². The molecule has 0 fully saturated rings. The highest BCUT2D eigenvalue weighted by Gasteiger charge is 2.14. The summed E-state index contributed by atoms with van der Waals surface area (Å²) in [6, 6.07) is 53.7. The van der Waals surface area contributed by atoms with E-state index in [0.717, 1.165) is 0 Å². The van der Waals surface area contributed by atoms with Crippen molar-refractivity contribution >= 4 is 64.9 Å². The Bertz CT molecular complexity index is 2460. The Hall–Kier alpha value is -5.40. The molecule has 9 aromatic rings. The van der Waals surface area contributed by atoms with Gasteiger partial charge in [0.25, 0.3) is 0 Å². The van der Waals surface area contributed by atoms with Crippen LogP contribution in [-0.2, 0) is 0 Å². The van der Waals surface area contributed by atoms with E-state index in [-0.39, 0.29) is 0 Å². The first-order valence-corrected chi connectivity index (χ1v) is 14.6. The third-order valence-corrected chi connectivity index (χ3v) is 9.01. The van der Waals surface area contributed by atoms with Gasteiger partial charge in [0.15, 0.2) is 0 Å². The van der Waals surface area contributed by atoms with E-state index >= 15 is 0 Å². The molecule has 0 unspecified atom stereocenters. The number of nitrogens with zero attached hydrogens (tertiary/aromatic N) is 1. The van der Waals surface area contributed by atoms with Gasteiger partial charge < -0.3 is 4.57 Å². The standard InChI is InChI=1S/C41H27N/c1-26-17-22-33-31-10-2-3-11-32(31)39-25-36-28(24-38(39)37(33)23-26)9-8-14-30(36)27-18-20-29(21-19-27)42-40-15-6-4-12-34(40)35-13-5-7-16-41(35)42/h2-25H,1H3. The van der Waals surface area contributed by atoms with Gasteiger partial charge in [0.1, 0.15) is 0 Å². The molecule has 42 heavy (non-hydrogen) atoms. The van der Waals surface area contributed by atoms with Crippen LogP contribution in [0.3, 0.4) is 0 Å². The van der Waals surface area contributed by atoms with Gasteiger partial charge in [0.2, 0.25) is 0 Å². The van der Waals surface area contributed by atoms with Gasteiger partial charge in [-0.25, -0.2) is 0 Å². The molecule has 0 aliphatic rings. The van der Waals surface area contributed by atoms with Crippen molar-refractivity contribution < 1.29 is 0 Å². The topological polar surface area (TPSA) is 4.93 Å². The molecule has 0 saturated carbocycles. The van der Waals surface area contributed by atoms with E-state index in [0.29, 0.717) is 0 Å². The molecular weight excluding hydrogens is 506 g/mol. The van der Waals surface area contributed by atoms with Crippen molar-refractivity contribution in [1.82, 2.24) is 4.57 Å². The van der Waals surface area contributed by atoms with Gasteiger partial charge in [-0.3, -0.25) is 0 Å². The predicted octanol–water partition coefficient (Wildman–Crippen LogP) is 11.4. The first kappa shape index (κ1) is 23.3. The van der Waals surface area contributed by atoms with Crippen molar-refractivity contribution in [2.45, 2.75) is 6.92 Å². The van der Waals surface area contributed by atoms with E-state index in [1.165, 1.54) is 87.3 Å². The van der Waals surface area contributed by atoms with Crippen LogP contribution < -0.4 is 0 Å². The van der Waals surface area contributed by atoms with E-state index in [4.69, 9.17) is 0 Å². The first-order valence-electron chi connectivity index (χ1n) is 14.6. The highest BCUT2D eigenvalue weighted by atomic mass is 15.0. The molecule has 1 aromatic heterocycles. The number of hydrogen-bond acceptors (Lipinski definition) is 0. The van der Waals surface area contributed by atoms with E-state index in [1.54, 1.807) is 0 Å². The fraction of sp³-hybridized carbons (Fsp3) is 0.0244. The molecule has 0 atom stereocenters. The second kappa shape index (κ2) is 8.80. The first-order chi connectivity index (χ1) is 20.7. The summed E-state index contributed by atoms with van der Waals surface area (Å²) in [5.41, 5.74) is 7.42. The second-order valence-corrected chi connectivity index (χ2v) is 11.4. The molecule has 0 radical (unpaired) electrons. The van der Waals surface area contributed by atoms with Crippen LogP contribution in [0.4, 0.5) is 0 Å². The molecule has 8 aromatic carbocycles. The monoisotopic (exact) mass is 533 g/mol. The van der Waals surface area contributed by atoms with E-state index < -0.39 is 0 Å². The number of hydrogen-bond donors (Lipinski definition) is 0. The Morgan fingerprint density at radius 1 is 0.381 bits per heavy atom. The average molecular weight is 534 g/mol. The molecule has 0 saturated heterocycles. The minimum absolute atomic E-state index is 1.18. The molecule has 0 amide bonds. The lowest BCUT2D eigenvalue weighted by Crippen LogP contribution is -1.93. The molecule has 1 nitrogen and oxygen atoms in total. The Morgan fingerprint density at radius 2 is 0.952 bits per heavy atom. The molecule has 9 rings (SSSR count). The lowest BCUT2D eigenvalue weighted by molar-refractivity contribution is 1.18. The third-order valence-electron chi connectivity index (χ3n) is 9.01. The van der Waals surface area contributed by atoms with E-state index in [1.807, 2.05) is 0 Å². The highest BCUT2D eigenvalue weighted by Crippen LogP contribution is 2.40. The van der Waals surface area contributed by atoms with Crippen LogP contribution in [-0.4, -0.2) is 4.57 Å². The van der Waals surface area contributed by atoms with Crippen molar-refractivity contribution in [2.24, 2.45) is 0 Å². The summed E-state index contributed by atoms with van der Waals surface area (Å²) in [5.74, 6) is 0. The predicted molar refractivity (Wildman–Crippen MR) is 181 cm³/mol. The fourth-order valence-electron chi connectivity index (χ4n) is 7.08. The molecule has 0 bridgehead atoms. The molecule has 0 aliphatic carbocycles. The maximum Gasteiger partial charge on any atom is 0.0541 e. The summed E-state index contributed by atoms with van der Waals surface area (Å²) in [6.45, 7) is 2.18. The van der Waals surface area contributed by atoms with Crippen LogP contribution in [0.5, 0.6) is 0 Å². The summed E-state index contributed by atoms with van der Waals surface area (Å²) >= 11 is 0. The smallest absolute Gasteiger partial charge is 0.0541 e. The Kier molecular flexibility index (Phi) is 4.88. The molecule has 0 spiro atoms. The van der Waals surface area contributed by atoms with Crippen LogP contribution in [0, 0.1) is 6.92 Å². The van der Waals surface area contributed by atoms with Gasteiger partial charge in [-0.2, -0.15) is 0 Å². The van der Waals surface area contributed by atoms with E-state index in [2.05, 4.69) is 157 Å². The summed E-state index contributed by atoms with van der Waals surface area (Å²) < 4.78 is 2.38. The highest BCUT2D eigenvalue weighted by molar-refractivity contribution is 6.28. The minimum atomic E-state index is 1.18. The SMILES string of the molecule is Cc1ccc2c3ccccc3c3cc4c(-c5ccc(-n6c7ccccc7c7ccccc76)cc5)cccc4cc3c2c1. The number of aryl methyl sites for hydroxylation is 1. The largest absolute Gasteiger partial charge is 0.309 e. The number of fused-ring (bicyclic) bond motifs is 10. The summed E-state index contributed by atoms with van der Waals surface area (Å²) in [5, 5.41) is 13.0. The zero-order chi connectivity index (χ0) is 27.8. The summed E-state index contributed by atoms with van der Waals surface area (Å²) in [7, 11) is 0. The normalized spacial score (nSPS) is 11.9. The number of benzene rings is 8. The van der Waals surface area contributed by atoms with Crippen molar-refractivity contribution in [3.8, 4) is 16.8 Å². The molecule has 1 heteroatoms. The van der Waals surface area contributed by atoms with Crippen molar-refractivity contribution in [1.29, 1.82) is 0 Å². The quantitative estimate of drug-likeness (QED) is 0.154. The summed E-state index contributed by atoms with van der Waals surface area (Å²) in [4.78, 5) is 0. The van der Waals surface area contributed by atoms with Gasteiger partial charge in [-0.05, 0) is 97.5 Å². The third kappa shape index (κ3) is 3.31.